The van der Waals surface area contributed by atoms with Crippen LogP contribution in [0.1, 0.15) is 81.5 Å². The van der Waals surface area contributed by atoms with Crippen LogP contribution in [-0.2, 0) is 20.5 Å². The van der Waals surface area contributed by atoms with Crippen molar-refractivity contribution in [2.75, 3.05) is 25.3 Å². The van der Waals surface area contributed by atoms with Crippen LogP contribution in [0, 0.1) is 0 Å². The number of anilines is 1. The number of ether oxygens (including phenoxy) is 2. The van der Waals surface area contributed by atoms with E-state index in [1.807, 2.05) is 0 Å². The Balaban J connectivity index is 1.39. The Labute approximate surface area is 225 Å². The molecule has 2 heterocycles. The number of nitrogens with zero attached hydrogens (tertiary/aromatic N) is 2. The van der Waals surface area contributed by atoms with Crippen molar-refractivity contribution in [3.8, 4) is 5.75 Å². The van der Waals surface area contributed by atoms with E-state index in [9.17, 15) is 14.5 Å². The fourth-order valence-electron chi connectivity index (χ4n) is 4.13. The molecule has 2 unspecified atom stereocenters. The second-order valence-electron chi connectivity index (χ2n) is 9.52. The van der Waals surface area contributed by atoms with E-state index in [1.54, 1.807) is 24.3 Å². The number of unbranched alkanes of at least 4 members (excludes halogenated alkanes) is 9. The molecular formula is C27H40N3O7P. The normalized spacial score (nSPS) is 19.3. The monoisotopic (exact) mass is 549 g/mol. The lowest BCUT2D eigenvalue weighted by Gasteiger charge is -2.34. The van der Waals surface area contributed by atoms with Crippen molar-refractivity contribution in [2.45, 2.75) is 83.8 Å². The highest BCUT2D eigenvalue weighted by Crippen LogP contribution is 2.55. The number of nitrogens with two attached hydrogens (primary N) is 1. The van der Waals surface area contributed by atoms with Crippen LogP contribution in [0.2, 0.25) is 0 Å². The van der Waals surface area contributed by atoms with Gasteiger partial charge < -0.3 is 24.6 Å². The summed E-state index contributed by atoms with van der Waals surface area (Å²) >= 11 is 0. The first-order valence-corrected chi connectivity index (χ1v) is 15.3. The molecule has 0 saturated carbocycles. The SMILES string of the molecule is CCCCCCCCCCCCOC(=O)c1ccccc1O[P+]1([O-])COC(Cn2ccc(N)nc2=O)CO1. The minimum absolute atomic E-state index is 0.0561. The fraction of sp³-hybridized carbons (Fsp3) is 0.593. The van der Waals surface area contributed by atoms with E-state index in [2.05, 4.69) is 11.9 Å². The Kier molecular flexibility index (Phi) is 12.5. The zero-order valence-electron chi connectivity index (χ0n) is 22.2. The fourth-order valence-corrected chi connectivity index (χ4v) is 5.56. The van der Waals surface area contributed by atoms with E-state index in [0.717, 1.165) is 19.3 Å². The zero-order chi connectivity index (χ0) is 27.2. The second-order valence-corrected chi connectivity index (χ2v) is 11.4. The van der Waals surface area contributed by atoms with Crippen molar-refractivity contribution >= 4 is 19.7 Å². The Hall–Kier alpha value is -2.52. The Bertz CT molecular complexity index is 1060. The van der Waals surface area contributed by atoms with Crippen molar-refractivity contribution in [3.05, 3.63) is 52.6 Å². The van der Waals surface area contributed by atoms with E-state index < -0.39 is 25.7 Å². The molecule has 10 nitrogen and oxygen atoms in total. The molecule has 1 aliphatic heterocycles. The standard InChI is InChI=1S/C27H40N3O7P/c1-2-3-4-5-6-7-8-9-10-13-18-34-26(31)23-14-11-12-15-24(23)37-38(33)21-35-22(20-36-38)19-30-17-16-25(28)29-27(30)32/h11-12,14-17,22H,2-10,13,18-21H2,1H3,(H2,28,29,32). The van der Waals surface area contributed by atoms with Crippen LogP contribution in [0.15, 0.2) is 41.3 Å². The number of nitrogen functional groups attached to an aromatic ring is 1. The molecule has 0 aliphatic carbocycles. The first-order chi connectivity index (χ1) is 18.4. The van der Waals surface area contributed by atoms with Gasteiger partial charge >= 0.3 is 19.6 Å². The predicted molar refractivity (Wildman–Crippen MR) is 145 cm³/mol. The molecule has 1 fully saturated rings. The molecule has 0 radical (unpaired) electrons. The smallest absolute Gasteiger partial charge is 0.349 e. The maximum Gasteiger partial charge on any atom is 0.349 e. The summed E-state index contributed by atoms with van der Waals surface area (Å²) < 4.78 is 23.6. The number of rotatable bonds is 16. The van der Waals surface area contributed by atoms with Gasteiger partial charge in [-0.25, -0.2) is 9.59 Å². The molecule has 2 atom stereocenters. The van der Waals surface area contributed by atoms with E-state index in [-0.39, 0.29) is 36.6 Å². The third-order valence-electron chi connectivity index (χ3n) is 6.30. The van der Waals surface area contributed by atoms with Gasteiger partial charge in [-0.15, -0.1) is 0 Å². The van der Waals surface area contributed by atoms with Crippen LogP contribution in [-0.4, -0.2) is 41.2 Å². The van der Waals surface area contributed by atoms with Crippen LogP contribution >= 0.6 is 7.94 Å². The summed E-state index contributed by atoms with van der Waals surface area (Å²) in [6, 6.07) is 7.98. The molecule has 38 heavy (non-hydrogen) atoms. The highest BCUT2D eigenvalue weighted by atomic mass is 31.2. The molecule has 0 spiro atoms. The largest absolute Gasteiger partial charge is 0.622 e. The van der Waals surface area contributed by atoms with Gasteiger partial charge in [0.15, 0.2) is 5.75 Å². The lowest BCUT2D eigenvalue weighted by molar-refractivity contribution is -0.229. The Morgan fingerprint density at radius 1 is 1.11 bits per heavy atom. The van der Waals surface area contributed by atoms with Gasteiger partial charge in [0.05, 0.1) is 13.2 Å². The van der Waals surface area contributed by atoms with Crippen LogP contribution in [0.3, 0.4) is 0 Å². The summed E-state index contributed by atoms with van der Waals surface area (Å²) in [5.74, 6) is -0.287. The highest BCUT2D eigenvalue weighted by Gasteiger charge is 2.40. The van der Waals surface area contributed by atoms with Gasteiger partial charge in [0.2, 0.25) is 6.35 Å². The van der Waals surface area contributed by atoms with Crippen molar-refractivity contribution < 1.29 is 28.2 Å². The molecule has 1 aromatic carbocycles. The lowest BCUT2D eigenvalue weighted by atomic mass is 10.1. The van der Waals surface area contributed by atoms with Crippen LogP contribution in [0.25, 0.3) is 0 Å². The van der Waals surface area contributed by atoms with E-state index in [0.29, 0.717) is 6.61 Å². The number of carbonyl (C=O) groups excluding carboxylic acids is 1. The van der Waals surface area contributed by atoms with E-state index >= 15 is 0 Å². The van der Waals surface area contributed by atoms with Gasteiger partial charge in [0.1, 0.15) is 24.1 Å². The van der Waals surface area contributed by atoms with Gasteiger partial charge in [-0.3, -0.25) is 4.57 Å². The average molecular weight is 550 g/mol. The molecule has 1 saturated heterocycles. The average Bonchev–Trinajstić information content (AvgIpc) is 2.90. The summed E-state index contributed by atoms with van der Waals surface area (Å²) in [5.41, 5.74) is 5.18. The third-order valence-corrected chi connectivity index (χ3v) is 7.78. The molecule has 2 aromatic rings. The first kappa shape index (κ1) is 30.0. The molecule has 0 amide bonds. The van der Waals surface area contributed by atoms with E-state index in [4.69, 9.17) is 24.3 Å². The van der Waals surface area contributed by atoms with Crippen molar-refractivity contribution in [1.82, 2.24) is 9.55 Å². The number of benzene rings is 1. The molecule has 2 N–H and O–H groups in total. The number of hydrogen-bond acceptors (Lipinski definition) is 9. The Morgan fingerprint density at radius 3 is 2.45 bits per heavy atom. The van der Waals surface area contributed by atoms with Crippen LogP contribution in [0.4, 0.5) is 5.82 Å². The van der Waals surface area contributed by atoms with Gasteiger partial charge in [-0.05, 0) is 24.6 Å². The molecule has 1 aliphatic rings. The summed E-state index contributed by atoms with van der Waals surface area (Å²) in [5, 5.41) is 0. The topological polar surface area (TPSA) is 138 Å². The minimum Gasteiger partial charge on any atom is -0.622 e. The molecule has 0 bridgehead atoms. The Morgan fingerprint density at radius 2 is 1.79 bits per heavy atom. The molecule has 3 rings (SSSR count). The summed E-state index contributed by atoms with van der Waals surface area (Å²) in [6.45, 7) is 2.65. The number of esters is 1. The molecular weight excluding hydrogens is 509 g/mol. The third kappa shape index (κ3) is 9.98. The second kappa shape index (κ2) is 15.8. The maximum atomic E-state index is 13.1. The molecule has 210 valence electrons. The predicted octanol–water partition coefficient (Wildman–Crippen LogP) is 4.48. The van der Waals surface area contributed by atoms with Gasteiger partial charge in [-0.1, -0.05) is 76.8 Å². The number of carbonyl (C=O) groups is 1. The maximum absolute atomic E-state index is 13.1. The number of aromatic nitrogens is 2. The zero-order valence-corrected chi connectivity index (χ0v) is 23.1. The van der Waals surface area contributed by atoms with Gasteiger partial charge in [0.25, 0.3) is 0 Å². The summed E-state index contributed by atoms with van der Waals surface area (Å²) in [6.07, 6.45) is 12.6. The van der Waals surface area contributed by atoms with Crippen molar-refractivity contribution in [1.29, 1.82) is 0 Å². The minimum atomic E-state index is -3.67. The lowest BCUT2D eigenvalue weighted by Crippen LogP contribution is -2.39. The number of hydrogen-bond donors (Lipinski definition) is 1. The summed E-state index contributed by atoms with van der Waals surface area (Å²) in [7, 11) is -3.67. The first-order valence-electron chi connectivity index (χ1n) is 13.5. The quantitative estimate of drug-likeness (QED) is 0.182. The van der Waals surface area contributed by atoms with Crippen molar-refractivity contribution in [3.63, 3.8) is 0 Å². The van der Waals surface area contributed by atoms with Gasteiger partial charge in [0, 0.05) is 6.20 Å². The number of para-hydroxylation sites is 1. The van der Waals surface area contributed by atoms with Gasteiger partial charge in [-0.2, -0.15) is 9.51 Å². The highest BCUT2D eigenvalue weighted by molar-refractivity contribution is 7.59. The summed E-state index contributed by atoms with van der Waals surface area (Å²) in [4.78, 5) is 41.4. The van der Waals surface area contributed by atoms with Crippen molar-refractivity contribution in [2.24, 2.45) is 0 Å². The van der Waals surface area contributed by atoms with E-state index in [1.165, 1.54) is 61.8 Å². The molecule has 1 aromatic heterocycles. The van der Waals surface area contributed by atoms with Crippen LogP contribution in [0.5, 0.6) is 5.75 Å². The molecule has 11 heteroatoms. The van der Waals surface area contributed by atoms with Crippen LogP contribution < -0.4 is 20.8 Å².